The number of hydrogen-bond donors (Lipinski definition) is 5. The van der Waals surface area contributed by atoms with E-state index in [9.17, 15) is 19.5 Å². The number of nitrogens with zero attached hydrogens (tertiary/aromatic N) is 2. The standard InChI is InChI=1S/C42H42N6O5/c1-26(47-37-20-8-6-12-30(37)24-35(39(47)49)45-41(43)51)28-14-10-16-32(22-28)44-42(52)46-36-25-31-13-7-9-21-38(31)48(40(36)50)27(2)29-15-11-19-34(23-29)53-33-17-4-3-5-18-33/h3-23,26-27,35-36,41,45,51H,24-25,43H2,1-2H3,(H2,44,46,52)/t26-,27+,35-,36-,41?/m1/s1. The van der Waals surface area contributed by atoms with Crippen molar-refractivity contribution < 1.29 is 24.2 Å². The van der Waals surface area contributed by atoms with Crippen molar-refractivity contribution in [1.29, 1.82) is 0 Å². The van der Waals surface area contributed by atoms with E-state index in [1.54, 1.807) is 15.9 Å². The summed E-state index contributed by atoms with van der Waals surface area (Å²) in [5, 5.41) is 18.4. The fourth-order valence-electron chi connectivity index (χ4n) is 7.24. The van der Waals surface area contributed by atoms with Gasteiger partial charge in [0.2, 0.25) is 5.91 Å². The Kier molecular flexibility index (Phi) is 10.2. The molecule has 5 aromatic carbocycles. The van der Waals surface area contributed by atoms with Gasteiger partial charge in [0.25, 0.3) is 5.91 Å². The van der Waals surface area contributed by atoms with E-state index in [2.05, 4.69) is 16.0 Å². The fourth-order valence-corrected chi connectivity index (χ4v) is 7.24. The maximum atomic E-state index is 14.2. The van der Waals surface area contributed by atoms with Crippen LogP contribution in [-0.4, -0.2) is 41.4 Å². The average Bonchev–Trinajstić information content (AvgIpc) is 3.15. The van der Waals surface area contributed by atoms with Gasteiger partial charge in [-0.25, -0.2) is 4.79 Å². The van der Waals surface area contributed by atoms with Gasteiger partial charge in [-0.3, -0.25) is 20.6 Å². The molecule has 5 aromatic rings. The molecule has 1 unspecified atom stereocenters. The van der Waals surface area contributed by atoms with Gasteiger partial charge in [-0.2, -0.15) is 0 Å². The third-order valence-corrected chi connectivity index (χ3v) is 9.82. The van der Waals surface area contributed by atoms with Crippen molar-refractivity contribution in [3.8, 4) is 11.5 Å². The number of nitrogens with two attached hydrogens (primary N) is 1. The van der Waals surface area contributed by atoms with E-state index in [0.717, 1.165) is 33.6 Å². The number of benzene rings is 5. The van der Waals surface area contributed by atoms with Crippen molar-refractivity contribution in [2.45, 2.75) is 57.2 Å². The molecule has 0 saturated carbocycles. The summed E-state index contributed by atoms with van der Waals surface area (Å²) in [6.07, 6.45) is -0.615. The van der Waals surface area contributed by atoms with Crippen LogP contribution >= 0.6 is 0 Å². The summed E-state index contributed by atoms with van der Waals surface area (Å²) >= 11 is 0. The topological polar surface area (TPSA) is 149 Å². The molecule has 2 aliphatic heterocycles. The normalized spacial score (nSPS) is 18.3. The molecular weight excluding hydrogens is 668 g/mol. The van der Waals surface area contributed by atoms with Crippen molar-refractivity contribution in [2.75, 3.05) is 15.1 Å². The van der Waals surface area contributed by atoms with Crippen molar-refractivity contribution in [3.05, 3.63) is 150 Å². The number of carbonyl (C=O) groups is 3. The summed E-state index contributed by atoms with van der Waals surface area (Å²) in [5.41, 5.74) is 11.2. The van der Waals surface area contributed by atoms with Gasteiger partial charge in [-0.1, -0.05) is 78.9 Å². The molecule has 4 amide bonds. The van der Waals surface area contributed by atoms with E-state index in [1.165, 1.54) is 0 Å². The van der Waals surface area contributed by atoms with Crippen LogP contribution in [0.5, 0.6) is 11.5 Å². The largest absolute Gasteiger partial charge is 0.457 e. The predicted molar refractivity (Wildman–Crippen MR) is 205 cm³/mol. The van der Waals surface area contributed by atoms with E-state index >= 15 is 0 Å². The summed E-state index contributed by atoms with van der Waals surface area (Å²) in [5.74, 6) is 0.924. The first-order valence-electron chi connectivity index (χ1n) is 17.7. The molecule has 5 atom stereocenters. The lowest BCUT2D eigenvalue weighted by molar-refractivity contribution is -0.122. The number of anilines is 3. The molecule has 53 heavy (non-hydrogen) atoms. The molecule has 0 aliphatic carbocycles. The molecule has 11 heteroatoms. The Morgan fingerprint density at radius 2 is 1.23 bits per heavy atom. The SMILES string of the molecule is C[C@H](c1cccc(NC(=O)N[C@@H]2Cc3ccccc3N([C@@H](C)c3cccc(Oc4ccccc4)c3)C2=O)c1)N1C(=O)[C@H](NC(N)O)Cc2ccccc21. The minimum Gasteiger partial charge on any atom is -0.457 e. The Morgan fingerprint density at radius 1 is 0.698 bits per heavy atom. The number of amides is 4. The molecule has 6 N–H and O–H groups in total. The van der Waals surface area contributed by atoms with Crippen LogP contribution in [0, 0.1) is 0 Å². The molecule has 0 radical (unpaired) electrons. The number of para-hydroxylation sites is 3. The summed E-state index contributed by atoms with van der Waals surface area (Å²) in [4.78, 5) is 44.8. The van der Waals surface area contributed by atoms with E-state index in [1.807, 2.05) is 135 Å². The van der Waals surface area contributed by atoms with Crippen LogP contribution in [0.3, 0.4) is 0 Å². The zero-order chi connectivity index (χ0) is 37.1. The lowest BCUT2D eigenvalue weighted by Gasteiger charge is -2.39. The Balaban J connectivity index is 1.07. The molecule has 2 heterocycles. The Bertz CT molecular complexity index is 2120. The summed E-state index contributed by atoms with van der Waals surface area (Å²) in [6, 6.07) is 37.0. The van der Waals surface area contributed by atoms with Gasteiger partial charge in [0.15, 0.2) is 6.35 Å². The van der Waals surface area contributed by atoms with Crippen molar-refractivity contribution in [2.24, 2.45) is 5.73 Å². The van der Waals surface area contributed by atoms with Gasteiger partial charge in [0, 0.05) is 23.5 Å². The number of aliphatic hydroxyl groups excluding tert-OH is 1. The Labute approximate surface area is 308 Å². The Hall–Kier alpha value is -6.01. The lowest BCUT2D eigenvalue weighted by atomic mass is 9.94. The minimum absolute atomic E-state index is 0.220. The zero-order valence-electron chi connectivity index (χ0n) is 29.5. The Morgan fingerprint density at radius 3 is 1.87 bits per heavy atom. The number of aliphatic hydroxyl groups is 1. The summed E-state index contributed by atoms with van der Waals surface area (Å²) < 4.78 is 6.08. The first-order chi connectivity index (χ1) is 25.7. The van der Waals surface area contributed by atoms with E-state index in [-0.39, 0.29) is 17.9 Å². The fraction of sp³-hybridized carbons (Fsp3) is 0.214. The predicted octanol–water partition coefficient (Wildman–Crippen LogP) is 6.16. The molecule has 0 aromatic heterocycles. The van der Waals surface area contributed by atoms with Crippen LogP contribution in [0.15, 0.2) is 127 Å². The number of urea groups is 1. The second-order valence-corrected chi connectivity index (χ2v) is 13.4. The number of hydrogen-bond acceptors (Lipinski definition) is 7. The van der Waals surface area contributed by atoms with Gasteiger partial charge in [-0.05, 0) is 91.1 Å². The molecule has 7 rings (SSSR count). The van der Waals surface area contributed by atoms with Crippen LogP contribution in [-0.2, 0) is 22.4 Å². The summed E-state index contributed by atoms with van der Waals surface area (Å²) in [6.45, 7) is 3.87. The molecule has 0 saturated heterocycles. The lowest BCUT2D eigenvalue weighted by Crippen LogP contribution is -2.56. The van der Waals surface area contributed by atoms with Crippen LogP contribution in [0.4, 0.5) is 21.9 Å². The van der Waals surface area contributed by atoms with Gasteiger partial charge in [0.05, 0.1) is 18.1 Å². The quantitative estimate of drug-likeness (QED) is 0.109. The number of nitrogens with one attached hydrogen (secondary N) is 3. The van der Waals surface area contributed by atoms with E-state index in [0.29, 0.717) is 30.0 Å². The first-order valence-corrected chi connectivity index (χ1v) is 17.7. The molecule has 0 spiro atoms. The van der Waals surface area contributed by atoms with Gasteiger partial charge >= 0.3 is 6.03 Å². The minimum atomic E-state index is -1.34. The number of ether oxygens (including phenoxy) is 1. The zero-order valence-corrected chi connectivity index (χ0v) is 29.5. The second-order valence-electron chi connectivity index (χ2n) is 13.4. The van der Waals surface area contributed by atoms with Crippen molar-refractivity contribution in [1.82, 2.24) is 10.6 Å². The van der Waals surface area contributed by atoms with Crippen LogP contribution in [0.1, 0.15) is 48.2 Å². The van der Waals surface area contributed by atoms with Gasteiger partial charge in [0.1, 0.15) is 17.5 Å². The summed E-state index contributed by atoms with van der Waals surface area (Å²) in [7, 11) is 0. The molecule has 0 fully saturated rings. The average molecular weight is 711 g/mol. The number of carbonyl (C=O) groups excluding carboxylic acids is 3. The second kappa shape index (κ2) is 15.3. The van der Waals surface area contributed by atoms with Crippen LogP contribution in [0.25, 0.3) is 0 Å². The molecular formula is C42H42N6O5. The number of fused-ring (bicyclic) bond motifs is 2. The smallest absolute Gasteiger partial charge is 0.319 e. The number of rotatable bonds is 10. The third kappa shape index (κ3) is 7.63. The third-order valence-electron chi connectivity index (χ3n) is 9.82. The van der Waals surface area contributed by atoms with E-state index < -0.39 is 30.5 Å². The molecule has 270 valence electrons. The van der Waals surface area contributed by atoms with Crippen molar-refractivity contribution in [3.63, 3.8) is 0 Å². The highest BCUT2D eigenvalue weighted by atomic mass is 16.5. The highest BCUT2D eigenvalue weighted by molar-refractivity contribution is 6.04. The molecule has 11 nitrogen and oxygen atoms in total. The molecule has 2 aliphatic rings. The maximum absolute atomic E-state index is 14.2. The highest BCUT2D eigenvalue weighted by Gasteiger charge is 2.38. The molecule has 0 bridgehead atoms. The van der Waals surface area contributed by atoms with Crippen LogP contribution < -0.4 is 36.2 Å². The van der Waals surface area contributed by atoms with Crippen molar-refractivity contribution >= 4 is 34.9 Å². The van der Waals surface area contributed by atoms with Crippen LogP contribution in [0.2, 0.25) is 0 Å². The van der Waals surface area contributed by atoms with E-state index in [4.69, 9.17) is 10.5 Å². The van der Waals surface area contributed by atoms with Gasteiger partial charge < -0.3 is 30.3 Å². The first kappa shape index (κ1) is 35.4. The van der Waals surface area contributed by atoms with Gasteiger partial charge in [-0.15, -0.1) is 0 Å². The monoisotopic (exact) mass is 710 g/mol. The highest BCUT2D eigenvalue weighted by Crippen LogP contribution is 2.37. The maximum Gasteiger partial charge on any atom is 0.319 e.